The summed E-state index contributed by atoms with van der Waals surface area (Å²) in [6.45, 7) is 2.80. The third kappa shape index (κ3) is 4.68. The second kappa shape index (κ2) is 8.68. The van der Waals surface area contributed by atoms with Gasteiger partial charge in [0.15, 0.2) is 5.69 Å². The minimum Gasteiger partial charge on any atom is -0.345 e. The molecular formula is C22H23FN4O2. The molecule has 0 aliphatic heterocycles. The molecule has 0 unspecified atom stereocenters. The van der Waals surface area contributed by atoms with E-state index < -0.39 is 0 Å². The highest BCUT2D eigenvalue weighted by molar-refractivity contribution is 5.94. The van der Waals surface area contributed by atoms with E-state index in [1.807, 2.05) is 19.1 Å². The molecule has 29 heavy (non-hydrogen) atoms. The summed E-state index contributed by atoms with van der Waals surface area (Å²) in [5, 5.41) is 4.30. The quantitative estimate of drug-likeness (QED) is 0.644. The molecule has 3 aromatic rings. The van der Waals surface area contributed by atoms with Crippen LogP contribution in [-0.2, 0) is 6.54 Å². The molecule has 0 spiro atoms. The Labute approximate surface area is 169 Å². The molecule has 0 atom stereocenters. The Bertz CT molecular complexity index is 1010. The SMILES string of the molecule is CCN(Cc1ccc(C(=O)N(C)C)cc1)C(=O)c1ccn(-c2cccc(F)c2)n1. The van der Waals surface area contributed by atoms with Crippen LogP contribution in [0.3, 0.4) is 0 Å². The highest BCUT2D eigenvalue weighted by Crippen LogP contribution is 2.14. The maximum absolute atomic E-state index is 13.4. The summed E-state index contributed by atoms with van der Waals surface area (Å²) in [4.78, 5) is 28.1. The van der Waals surface area contributed by atoms with Crippen LogP contribution in [0.5, 0.6) is 0 Å². The van der Waals surface area contributed by atoms with Crippen molar-refractivity contribution >= 4 is 11.8 Å². The molecule has 1 aromatic heterocycles. The van der Waals surface area contributed by atoms with Gasteiger partial charge in [-0.25, -0.2) is 9.07 Å². The molecule has 3 rings (SSSR count). The van der Waals surface area contributed by atoms with Crippen LogP contribution >= 0.6 is 0 Å². The van der Waals surface area contributed by atoms with Crippen molar-refractivity contribution in [2.24, 2.45) is 0 Å². The van der Waals surface area contributed by atoms with E-state index in [4.69, 9.17) is 0 Å². The maximum Gasteiger partial charge on any atom is 0.274 e. The summed E-state index contributed by atoms with van der Waals surface area (Å²) < 4.78 is 14.9. The fraction of sp³-hybridized carbons (Fsp3) is 0.227. The Morgan fingerprint density at radius 2 is 1.76 bits per heavy atom. The number of carbonyl (C=O) groups excluding carboxylic acids is 2. The minimum absolute atomic E-state index is 0.0668. The number of carbonyl (C=O) groups is 2. The fourth-order valence-corrected chi connectivity index (χ4v) is 2.92. The van der Waals surface area contributed by atoms with E-state index in [0.29, 0.717) is 24.3 Å². The molecule has 0 bridgehead atoms. The average molecular weight is 394 g/mol. The van der Waals surface area contributed by atoms with E-state index in [0.717, 1.165) is 5.56 Å². The Kier molecular flexibility index (Phi) is 6.07. The van der Waals surface area contributed by atoms with Crippen LogP contribution in [0.4, 0.5) is 4.39 Å². The Morgan fingerprint density at radius 3 is 2.38 bits per heavy atom. The number of hydrogen-bond acceptors (Lipinski definition) is 3. The third-order valence-corrected chi connectivity index (χ3v) is 4.53. The number of hydrogen-bond donors (Lipinski definition) is 0. The monoisotopic (exact) mass is 394 g/mol. The Morgan fingerprint density at radius 1 is 1.03 bits per heavy atom. The molecule has 0 aliphatic carbocycles. The molecule has 0 N–H and O–H groups in total. The van der Waals surface area contributed by atoms with Gasteiger partial charge in [-0.1, -0.05) is 18.2 Å². The largest absolute Gasteiger partial charge is 0.345 e. The maximum atomic E-state index is 13.4. The number of rotatable bonds is 6. The van der Waals surface area contributed by atoms with Gasteiger partial charge in [0, 0.05) is 38.9 Å². The number of aromatic nitrogens is 2. The van der Waals surface area contributed by atoms with Gasteiger partial charge in [0.1, 0.15) is 5.82 Å². The predicted molar refractivity (Wildman–Crippen MR) is 108 cm³/mol. The van der Waals surface area contributed by atoms with Crippen LogP contribution in [0.1, 0.15) is 33.3 Å². The molecule has 0 saturated carbocycles. The molecule has 0 radical (unpaired) electrons. The summed E-state index contributed by atoms with van der Waals surface area (Å²) in [7, 11) is 3.41. The molecule has 0 aliphatic rings. The summed E-state index contributed by atoms with van der Waals surface area (Å²) in [6.07, 6.45) is 1.64. The van der Waals surface area contributed by atoms with Gasteiger partial charge >= 0.3 is 0 Å². The summed E-state index contributed by atoms with van der Waals surface area (Å²) in [5.74, 6) is -0.642. The topological polar surface area (TPSA) is 58.4 Å². The van der Waals surface area contributed by atoms with Gasteiger partial charge in [0.05, 0.1) is 5.69 Å². The predicted octanol–water partition coefficient (Wildman–Crippen LogP) is 3.38. The lowest BCUT2D eigenvalue weighted by Gasteiger charge is -2.20. The molecule has 2 amide bonds. The van der Waals surface area contributed by atoms with Crippen molar-refractivity contribution in [2.45, 2.75) is 13.5 Å². The van der Waals surface area contributed by atoms with Crippen LogP contribution in [-0.4, -0.2) is 52.0 Å². The number of benzene rings is 2. The summed E-state index contributed by atoms with van der Waals surface area (Å²) in [5.41, 5.74) is 2.35. The lowest BCUT2D eigenvalue weighted by molar-refractivity contribution is 0.0745. The zero-order chi connectivity index (χ0) is 21.0. The van der Waals surface area contributed by atoms with E-state index in [1.165, 1.54) is 21.7 Å². The Hall–Kier alpha value is -3.48. The van der Waals surface area contributed by atoms with Gasteiger partial charge in [-0.15, -0.1) is 0 Å². The number of halogens is 1. The normalized spacial score (nSPS) is 10.6. The summed E-state index contributed by atoms with van der Waals surface area (Å²) in [6, 6.07) is 14.9. The molecule has 0 fully saturated rings. The van der Waals surface area contributed by atoms with E-state index >= 15 is 0 Å². The van der Waals surface area contributed by atoms with Gasteiger partial charge in [0.25, 0.3) is 11.8 Å². The molecule has 6 nitrogen and oxygen atoms in total. The molecular weight excluding hydrogens is 371 g/mol. The highest BCUT2D eigenvalue weighted by Gasteiger charge is 2.18. The Balaban J connectivity index is 1.73. The second-order valence-electron chi connectivity index (χ2n) is 6.84. The van der Waals surface area contributed by atoms with Crippen molar-refractivity contribution in [3.8, 4) is 5.69 Å². The summed E-state index contributed by atoms with van der Waals surface area (Å²) >= 11 is 0. The van der Waals surface area contributed by atoms with Crippen molar-refractivity contribution in [1.82, 2.24) is 19.6 Å². The van der Waals surface area contributed by atoms with Crippen LogP contribution in [0.2, 0.25) is 0 Å². The number of nitrogens with zero attached hydrogens (tertiary/aromatic N) is 4. The number of amides is 2. The molecule has 2 aromatic carbocycles. The van der Waals surface area contributed by atoms with E-state index in [-0.39, 0.29) is 23.3 Å². The first-order valence-electron chi connectivity index (χ1n) is 9.30. The van der Waals surface area contributed by atoms with Gasteiger partial charge in [0.2, 0.25) is 0 Å². The van der Waals surface area contributed by atoms with Crippen molar-refractivity contribution in [1.29, 1.82) is 0 Å². The lowest BCUT2D eigenvalue weighted by Crippen LogP contribution is -2.30. The zero-order valence-electron chi connectivity index (χ0n) is 16.7. The van der Waals surface area contributed by atoms with Crippen molar-refractivity contribution in [3.05, 3.63) is 83.4 Å². The minimum atomic E-state index is -0.364. The smallest absolute Gasteiger partial charge is 0.274 e. The van der Waals surface area contributed by atoms with E-state index in [9.17, 15) is 14.0 Å². The molecule has 1 heterocycles. The van der Waals surface area contributed by atoms with Gasteiger partial charge < -0.3 is 9.80 Å². The average Bonchev–Trinajstić information content (AvgIpc) is 3.21. The molecule has 7 heteroatoms. The highest BCUT2D eigenvalue weighted by atomic mass is 19.1. The third-order valence-electron chi connectivity index (χ3n) is 4.53. The zero-order valence-corrected chi connectivity index (χ0v) is 16.7. The fourth-order valence-electron chi connectivity index (χ4n) is 2.92. The first-order chi connectivity index (χ1) is 13.9. The molecule has 150 valence electrons. The van der Waals surface area contributed by atoms with Crippen LogP contribution in [0.25, 0.3) is 5.69 Å². The lowest BCUT2D eigenvalue weighted by atomic mass is 10.1. The van der Waals surface area contributed by atoms with Crippen LogP contribution < -0.4 is 0 Å². The van der Waals surface area contributed by atoms with Crippen LogP contribution in [0, 0.1) is 5.82 Å². The van der Waals surface area contributed by atoms with Crippen molar-refractivity contribution in [3.63, 3.8) is 0 Å². The van der Waals surface area contributed by atoms with Gasteiger partial charge in [-0.3, -0.25) is 9.59 Å². The first-order valence-corrected chi connectivity index (χ1v) is 9.30. The molecule has 0 saturated heterocycles. The van der Waals surface area contributed by atoms with Crippen molar-refractivity contribution in [2.75, 3.05) is 20.6 Å². The van der Waals surface area contributed by atoms with Crippen LogP contribution in [0.15, 0.2) is 60.8 Å². The van der Waals surface area contributed by atoms with E-state index in [2.05, 4.69) is 5.10 Å². The first kappa shape index (κ1) is 20.3. The second-order valence-corrected chi connectivity index (χ2v) is 6.84. The van der Waals surface area contributed by atoms with Gasteiger partial charge in [-0.05, 0) is 48.9 Å². The van der Waals surface area contributed by atoms with E-state index in [1.54, 1.807) is 55.5 Å². The van der Waals surface area contributed by atoms with Crippen molar-refractivity contribution < 1.29 is 14.0 Å². The standard InChI is InChI=1S/C22H23FN4O2/c1-4-26(15-16-8-10-17(11-9-16)21(28)25(2)3)22(29)20-12-13-27(24-20)19-7-5-6-18(23)14-19/h5-14H,4,15H2,1-3H3. The van der Waals surface area contributed by atoms with Gasteiger partial charge in [-0.2, -0.15) is 5.10 Å².